The van der Waals surface area contributed by atoms with E-state index in [1.54, 1.807) is 0 Å². The van der Waals surface area contributed by atoms with Crippen LogP contribution in [0.15, 0.2) is 0 Å². The maximum Gasteiger partial charge on any atom is 0.234 e. The van der Waals surface area contributed by atoms with Crippen molar-refractivity contribution in [2.24, 2.45) is 17.6 Å². The molecule has 2 aliphatic rings. The summed E-state index contributed by atoms with van der Waals surface area (Å²) in [6.45, 7) is 3.54. The van der Waals surface area contributed by atoms with E-state index >= 15 is 0 Å². The van der Waals surface area contributed by atoms with Crippen molar-refractivity contribution in [3.8, 4) is 0 Å². The van der Waals surface area contributed by atoms with Crippen LogP contribution in [0.2, 0.25) is 0 Å². The fourth-order valence-electron chi connectivity index (χ4n) is 3.32. The van der Waals surface area contributed by atoms with Gasteiger partial charge < -0.3 is 11.1 Å². The second-order valence-corrected chi connectivity index (χ2v) is 6.41. The number of amides is 1. The summed E-state index contributed by atoms with van der Waals surface area (Å²) in [5.41, 5.74) is 5.91. The fraction of sp³-hybridized carbons (Fsp3) is 0.933. The monoisotopic (exact) mass is 267 g/mol. The van der Waals surface area contributed by atoms with E-state index in [9.17, 15) is 4.79 Å². The van der Waals surface area contributed by atoms with Gasteiger partial charge in [-0.2, -0.15) is 0 Å². The Morgan fingerprint density at radius 1 is 1.32 bits per heavy atom. The lowest BCUT2D eigenvalue weighted by Crippen LogP contribution is -2.48. The number of likely N-dealkylation sites (N-methyl/N-ethyl adjacent to an activating group) is 1. The Hall–Kier alpha value is -0.610. The van der Waals surface area contributed by atoms with E-state index in [1.165, 1.54) is 25.7 Å². The summed E-state index contributed by atoms with van der Waals surface area (Å²) in [6.07, 6.45) is 7.27. The van der Waals surface area contributed by atoms with Crippen LogP contribution in [0.1, 0.15) is 45.4 Å². The lowest BCUT2D eigenvalue weighted by molar-refractivity contribution is -0.123. The average Bonchev–Trinajstić information content (AvgIpc) is 3.21. The minimum absolute atomic E-state index is 0.180. The molecule has 0 aromatic rings. The molecule has 3 N–H and O–H groups in total. The number of nitrogens with zero attached hydrogens (tertiary/aromatic N) is 1. The first kappa shape index (κ1) is 14.8. The third kappa shape index (κ3) is 4.18. The lowest BCUT2D eigenvalue weighted by atomic mass is 9.76. The van der Waals surface area contributed by atoms with Gasteiger partial charge in [-0.05, 0) is 51.1 Å². The molecule has 0 saturated heterocycles. The molecule has 19 heavy (non-hydrogen) atoms. The first-order chi connectivity index (χ1) is 9.13. The zero-order valence-corrected chi connectivity index (χ0v) is 12.4. The molecular weight excluding hydrogens is 238 g/mol. The van der Waals surface area contributed by atoms with Gasteiger partial charge >= 0.3 is 0 Å². The largest absolute Gasteiger partial charge is 0.352 e. The van der Waals surface area contributed by atoms with Crippen molar-refractivity contribution in [3.63, 3.8) is 0 Å². The fourth-order valence-corrected chi connectivity index (χ4v) is 3.32. The maximum absolute atomic E-state index is 11.9. The molecule has 3 unspecified atom stereocenters. The molecule has 2 saturated carbocycles. The van der Waals surface area contributed by atoms with Crippen LogP contribution in [0.25, 0.3) is 0 Å². The molecular formula is C15H29N3O. The van der Waals surface area contributed by atoms with Gasteiger partial charge in [-0.25, -0.2) is 0 Å². The van der Waals surface area contributed by atoms with Crippen molar-refractivity contribution in [2.45, 2.75) is 57.5 Å². The highest BCUT2D eigenvalue weighted by Crippen LogP contribution is 2.33. The van der Waals surface area contributed by atoms with Gasteiger partial charge in [0.05, 0.1) is 6.54 Å². The maximum atomic E-state index is 11.9. The number of nitrogens with one attached hydrogen (secondary N) is 1. The molecule has 2 aliphatic carbocycles. The molecule has 0 bridgehead atoms. The van der Waals surface area contributed by atoms with Gasteiger partial charge in [0, 0.05) is 12.1 Å². The van der Waals surface area contributed by atoms with Gasteiger partial charge in [-0.1, -0.05) is 19.8 Å². The minimum atomic E-state index is 0.180. The third-order valence-electron chi connectivity index (χ3n) is 4.85. The molecule has 0 aromatic carbocycles. The SMILES string of the molecule is CCC1CCC(CN)C(N(C)CC(=O)NC2CC2)C1. The molecule has 0 heterocycles. The van der Waals surface area contributed by atoms with Gasteiger partial charge in [-0.15, -0.1) is 0 Å². The van der Waals surface area contributed by atoms with Crippen LogP contribution < -0.4 is 11.1 Å². The van der Waals surface area contributed by atoms with Crippen molar-refractivity contribution in [3.05, 3.63) is 0 Å². The molecule has 3 atom stereocenters. The Balaban J connectivity index is 1.85. The summed E-state index contributed by atoms with van der Waals surface area (Å²) >= 11 is 0. The number of hydrogen-bond donors (Lipinski definition) is 2. The molecule has 1 amide bonds. The predicted octanol–water partition coefficient (Wildman–Crippen LogP) is 1.35. The number of rotatable bonds is 6. The minimum Gasteiger partial charge on any atom is -0.352 e. The molecule has 2 fully saturated rings. The summed E-state index contributed by atoms with van der Waals surface area (Å²) < 4.78 is 0. The zero-order chi connectivity index (χ0) is 13.8. The van der Waals surface area contributed by atoms with E-state index in [0.29, 0.717) is 24.5 Å². The van der Waals surface area contributed by atoms with Crippen LogP contribution in [-0.2, 0) is 4.79 Å². The standard InChI is InChI=1S/C15H29N3O/c1-3-11-4-5-12(9-16)14(8-11)18(2)10-15(19)17-13-6-7-13/h11-14H,3-10,16H2,1-2H3,(H,17,19). The van der Waals surface area contributed by atoms with Crippen LogP contribution in [0.5, 0.6) is 0 Å². The molecule has 110 valence electrons. The van der Waals surface area contributed by atoms with Gasteiger partial charge in [0.15, 0.2) is 0 Å². The molecule has 0 aliphatic heterocycles. The molecule has 0 radical (unpaired) electrons. The number of hydrogen-bond acceptors (Lipinski definition) is 3. The summed E-state index contributed by atoms with van der Waals surface area (Å²) in [5, 5.41) is 3.07. The molecule has 0 aromatic heterocycles. The molecule has 4 nitrogen and oxygen atoms in total. The van der Waals surface area contributed by atoms with Gasteiger partial charge in [0.25, 0.3) is 0 Å². The Morgan fingerprint density at radius 3 is 2.63 bits per heavy atom. The molecule has 4 heteroatoms. The Kier molecular flexibility index (Phi) is 5.22. The Bertz CT molecular complexity index is 304. The van der Waals surface area contributed by atoms with Crippen molar-refractivity contribution in [2.75, 3.05) is 20.1 Å². The third-order valence-corrected chi connectivity index (χ3v) is 4.85. The van der Waals surface area contributed by atoms with Crippen molar-refractivity contribution < 1.29 is 4.79 Å². The van der Waals surface area contributed by atoms with Crippen LogP contribution in [-0.4, -0.2) is 43.0 Å². The van der Waals surface area contributed by atoms with Crippen LogP contribution in [0.3, 0.4) is 0 Å². The van der Waals surface area contributed by atoms with Crippen LogP contribution >= 0.6 is 0 Å². The molecule has 2 rings (SSSR count). The van der Waals surface area contributed by atoms with Crippen molar-refractivity contribution in [1.82, 2.24) is 10.2 Å². The van der Waals surface area contributed by atoms with Crippen molar-refractivity contribution in [1.29, 1.82) is 0 Å². The summed E-state index contributed by atoms with van der Waals surface area (Å²) in [5.74, 6) is 1.54. The molecule has 0 spiro atoms. The Labute approximate surface area is 117 Å². The zero-order valence-electron chi connectivity index (χ0n) is 12.4. The highest BCUT2D eigenvalue weighted by Gasteiger charge is 2.32. The second-order valence-electron chi connectivity index (χ2n) is 6.41. The summed E-state index contributed by atoms with van der Waals surface area (Å²) in [6, 6.07) is 0.939. The lowest BCUT2D eigenvalue weighted by Gasteiger charge is -2.40. The van der Waals surface area contributed by atoms with Crippen LogP contribution in [0.4, 0.5) is 0 Å². The van der Waals surface area contributed by atoms with E-state index < -0.39 is 0 Å². The van der Waals surface area contributed by atoms with Gasteiger partial charge in [0.1, 0.15) is 0 Å². The van der Waals surface area contributed by atoms with Gasteiger partial charge in [-0.3, -0.25) is 9.69 Å². The summed E-state index contributed by atoms with van der Waals surface area (Å²) in [4.78, 5) is 14.1. The summed E-state index contributed by atoms with van der Waals surface area (Å²) in [7, 11) is 2.08. The van der Waals surface area contributed by atoms with Crippen molar-refractivity contribution >= 4 is 5.91 Å². The van der Waals surface area contributed by atoms with E-state index in [2.05, 4.69) is 24.2 Å². The predicted molar refractivity (Wildman–Crippen MR) is 77.8 cm³/mol. The highest BCUT2D eigenvalue weighted by molar-refractivity contribution is 5.78. The second kappa shape index (κ2) is 6.71. The number of carbonyl (C=O) groups excluding carboxylic acids is 1. The normalized spacial score (nSPS) is 31.5. The number of nitrogens with two attached hydrogens (primary N) is 1. The highest BCUT2D eigenvalue weighted by atomic mass is 16.2. The quantitative estimate of drug-likeness (QED) is 0.764. The Morgan fingerprint density at radius 2 is 2.05 bits per heavy atom. The first-order valence-electron chi connectivity index (χ1n) is 7.83. The van der Waals surface area contributed by atoms with E-state index in [1.807, 2.05) is 0 Å². The van der Waals surface area contributed by atoms with E-state index in [0.717, 1.165) is 25.3 Å². The van der Waals surface area contributed by atoms with Crippen LogP contribution in [0, 0.1) is 11.8 Å². The van der Waals surface area contributed by atoms with E-state index in [-0.39, 0.29) is 5.91 Å². The van der Waals surface area contributed by atoms with E-state index in [4.69, 9.17) is 5.73 Å². The topological polar surface area (TPSA) is 58.4 Å². The first-order valence-corrected chi connectivity index (χ1v) is 7.83. The van der Waals surface area contributed by atoms with Gasteiger partial charge in [0.2, 0.25) is 5.91 Å². The number of carbonyl (C=O) groups is 1. The average molecular weight is 267 g/mol. The smallest absolute Gasteiger partial charge is 0.234 e.